The summed E-state index contributed by atoms with van der Waals surface area (Å²) in [6.45, 7) is 4.25. The lowest BCUT2D eigenvalue weighted by Gasteiger charge is -2.12. The van der Waals surface area contributed by atoms with Crippen molar-refractivity contribution in [2.24, 2.45) is 5.73 Å². The van der Waals surface area contributed by atoms with Crippen molar-refractivity contribution in [1.82, 2.24) is 4.98 Å². The minimum Gasteiger partial charge on any atom is -0.322 e. The summed E-state index contributed by atoms with van der Waals surface area (Å²) in [4.78, 5) is 4.29. The van der Waals surface area contributed by atoms with E-state index >= 15 is 0 Å². The number of hydrogen-bond acceptors (Lipinski definition) is 2. The second-order valence-corrected chi connectivity index (χ2v) is 4.48. The first-order valence-electron chi connectivity index (χ1n) is 5.89. The fourth-order valence-electron chi connectivity index (χ4n) is 1.88. The highest BCUT2D eigenvalue weighted by atomic mass is 14.8. The van der Waals surface area contributed by atoms with Gasteiger partial charge >= 0.3 is 0 Å². The quantitative estimate of drug-likeness (QED) is 0.874. The van der Waals surface area contributed by atoms with Crippen molar-refractivity contribution in [3.63, 3.8) is 0 Å². The predicted octanol–water partition coefficient (Wildman–Crippen LogP) is 2.94. The zero-order chi connectivity index (χ0) is 12.3. The van der Waals surface area contributed by atoms with E-state index in [-0.39, 0.29) is 6.04 Å². The Morgan fingerprint density at radius 3 is 2.59 bits per heavy atom. The molecule has 0 saturated carbocycles. The summed E-state index contributed by atoms with van der Waals surface area (Å²) in [6, 6.07) is 12.3. The van der Waals surface area contributed by atoms with E-state index in [1.165, 1.54) is 16.7 Å². The van der Waals surface area contributed by atoms with Crippen LogP contribution in [0.15, 0.2) is 42.6 Å². The monoisotopic (exact) mass is 226 g/mol. The first kappa shape index (κ1) is 11.8. The van der Waals surface area contributed by atoms with E-state index in [0.717, 1.165) is 12.1 Å². The summed E-state index contributed by atoms with van der Waals surface area (Å²) in [6.07, 6.45) is 2.62. The molecule has 1 atom stereocenters. The minimum atomic E-state index is -0.0293. The number of nitrogens with two attached hydrogens (primary N) is 1. The van der Waals surface area contributed by atoms with Gasteiger partial charge in [0.2, 0.25) is 0 Å². The van der Waals surface area contributed by atoms with Gasteiger partial charge in [-0.05, 0) is 49.1 Å². The molecule has 0 aliphatic carbocycles. The maximum Gasteiger partial charge on any atom is 0.0574 e. The van der Waals surface area contributed by atoms with Gasteiger partial charge in [0.1, 0.15) is 0 Å². The number of hydrogen-bond donors (Lipinski definition) is 1. The van der Waals surface area contributed by atoms with Crippen molar-refractivity contribution in [1.29, 1.82) is 0 Å². The van der Waals surface area contributed by atoms with Gasteiger partial charge in [-0.15, -0.1) is 0 Å². The topological polar surface area (TPSA) is 38.9 Å². The predicted molar refractivity (Wildman–Crippen MR) is 70.8 cm³/mol. The Kier molecular flexibility index (Phi) is 3.55. The fourth-order valence-corrected chi connectivity index (χ4v) is 1.88. The van der Waals surface area contributed by atoms with E-state index in [1.54, 1.807) is 6.20 Å². The van der Waals surface area contributed by atoms with Crippen LogP contribution >= 0.6 is 0 Å². The van der Waals surface area contributed by atoms with Crippen molar-refractivity contribution in [3.05, 3.63) is 65.0 Å². The van der Waals surface area contributed by atoms with Crippen molar-refractivity contribution < 1.29 is 0 Å². The maximum absolute atomic E-state index is 6.15. The van der Waals surface area contributed by atoms with E-state index in [9.17, 15) is 0 Å². The molecule has 1 unspecified atom stereocenters. The van der Waals surface area contributed by atoms with Crippen LogP contribution in [0.25, 0.3) is 0 Å². The molecule has 1 aromatic carbocycles. The average molecular weight is 226 g/mol. The molecule has 1 heterocycles. The summed E-state index contributed by atoms with van der Waals surface area (Å²) < 4.78 is 0. The standard InChI is InChI=1S/C15H18N2/c1-11-6-7-13(9-12(11)2)10-14(16)15-5-3-4-8-17-15/h3-9,14H,10,16H2,1-2H3. The third kappa shape index (κ3) is 2.92. The van der Waals surface area contributed by atoms with Gasteiger partial charge in [-0.2, -0.15) is 0 Å². The number of pyridine rings is 1. The third-order valence-corrected chi connectivity index (χ3v) is 3.09. The van der Waals surface area contributed by atoms with E-state index in [4.69, 9.17) is 5.73 Å². The molecule has 88 valence electrons. The lowest BCUT2D eigenvalue weighted by molar-refractivity contribution is 0.696. The lowest BCUT2D eigenvalue weighted by Crippen LogP contribution is -2.14. The molecule has 2 nitrogen and oxygen atoms in total. The number of rotatable bonds is 3. The van der Waals surface area contributed by atoms with Gasteiger partial charge in [-0.3, -0.25) is 4.98 Å². The second kappa shape index (κ2) is 5.11. The molecular formula is C15H18N2. The SMILES string of the molecule is Cc1ccc(CC(N)c2ccccn2)cc1C. The third-order valence-electron chi connectivity index (χ3n) is 3.09. The molecule has 0 aliphatic heterocycles. The largest absolute Gasteiger partial charge is 0.322 e. The second-order valence-electron chi connectivity index (χ2n) is 4.48. The molecule has 2 N–H and O–H groups in total. The smallest absolute Gasteiger partial charge is 0.0574 e. The van der Waals surface area contributed by atoms with Crippen LogP contribution in [0.3, 0.4) is 0 Å². The molecule has 0 spiro atoms. The molecule has 0 radical (unpaired) electrons. The van der Waals surface area contributed by atoms with E-state index in [2.05, 4.69) is 37.0 Å². The Balaban J connectivity index is 2.13. The van der Waals surface area contributed by atoms with Crippen molar-refractivity contribution in [3.8, 4) is 0 Å². The number of aromatic nitrogens is 1. The number of nitrogens with zero attached hydrogens (tertiary/aromatic N) is 1. The molecular weight excluding hydrogens is 208 g/mol. The highest BCUT2D eigenvalue weighted by molar-refractivity contribution is 5.30. The molecule has 2 aromatic rings. The summed E-state index contributed by atoms with van der Waals surface area (Å²) >= 11 is 0. The van der Waals surface area contributed by atoms with Crippen LogP contribution in [-0.4, -0.2) is 4.98 Å². The summed E-state index contributed by atoms with van der Waals surface area (Å²) in [5.74, 6) is 0. The highest BCUT2D eigenvalue weighted by Gasteiger charge is 2.08. The first-order valence-corrected chi connectivity index (χ1v) is 5.89. The molecule has 1 aromatic heterocycles. The summed E-state index contributed by atoms with van der Waals surface area (Å²) in [5.41, 5.74) is 11.0. The Morgan fingerprint density at radius 2 is 1.94 bits per heavy atom. The Morgan fingerprint density at radius 1 is 1.12 bits per heavy atom. The number of aryl methyl sites for hydroxylation is 2. The van der Waals surface area contributed by atoms with Crippen LogP contribution in [-0.2, 0) is 6.42 Å². The molecule has 2 heteroatoms. The van der Waals surface area contributed by atoms with Crippen LogP contribution in [0.5, 0.6) is 0 Å². The van der Waals surface area contributed by atoms with Crippen LogP contribution in [0.4, 0.5) is 0 Å². The molecule has 0 saturated heterocycles. The van der Waals surface area contributed by atoms with Gasteiger partial charge in [-0.25, -0.2) is 0 Å². The van der Waals surface area contributed by atoms with E-state index in [1.807, 2.05) is 18.2 Å². The van der Waals surface area contributed by atoms with Crippen molar-refractivity contribution in [2.75, 3.05) is 0 Å². The highest BCUT2D eigenvalue weighted by Crippen LogP contribution is 2.16. The van der Waals surface area contributed by atoms with E-state index < -0.39 is 0 Å². The zero-order valence-corrected chi connectivity index (χ0v) is 10.4. The summed E-state index contributed by atoms with van der Waals surface area (Å²) in [5, 5.41) is 0. The van der Waals surface area contributed by atoms with Gasteiger partial charge in [0.25, 0.3) is 0 Å². The van der Waals surface area contributed by atoms with Crippen LogP contribution in [0.1, 0.15) is 28.4 Å². The van der Waals surface area contributed by atoms with Gasteiger partial charge in [-0.1, -0.05) is 24.3 Å². The van der Waals surface area contributed by atoms with Crippen molar-refractivity contribution >= 4 is 0 Å². The van der Waals surface area contributed by atoms with Gasteiger partial charge in [0.15, 0.2) is 0 Å². The zero-order valence-electron chi connectivity index (χ0n) is 10.4. The normalized spacial score (nSPS) is 12.4. The minimum absolute atomic E-state index is 0.0293. The van der Waals surface area contributed by atoms with Crippen LogP contribution in [0.2, 0.25) is 0 Å². The van der Waals surface area contributed by atoms with Gasteiger partial charge in [0, 0.05) is 6.20 Å². The van der Waals surface area contributed by atoms with Crippen LogP contribution in [0, 0.1) is 13.8 Å². The molecule has 0 aliphatic rings. The average Bonchev–Trinajstić information content (AvgIpc) is 2.35. The lowest BCUT2D eigenvalue weighted by atomic mass is 9.99. The number of benzene rings is 1. The Bertz CT molecular complexity index is 492. The fraction of sp³-hybridized carbons (Fsp3) is 0.267. The molecule has 0 bridgehead atoms. The van der Waals surface area contributed by atoms with Gasteiger partial charge in [0.05, 0.1) is 11.7 Å². The molecule has 17 heavy (non-hydrogen) atoms. The Hall–Kier alpha value is -1.67. The summed E-state index contributed by atoms with van der Waals surface area (Å²) in [7, 11) is 0. The maximum atomic E-state index is 6.15. The van der Waals surface area contributed by atoms with E-state index in [0.29, 0.717) is 0 Å². The Labute approximate surface area is 103 Å². The van der Waals surface area contributed by atoms with Gasteiger partial charge < -0.3 is 5.73 Å². The molecule has 0 fully saturated rings. The first-order chi connectivity index (χ1) is 8.16. The van der Waals surface area contributed by atoms with Crippen LogP contribution < -0.4 is 5.73 Å². The molecule has 0 amide bonds. The molecule has 2 rings (SSSR count). The van der Waals surface area contributed by atoms with Crippen molar-refractivity contribution in [2.45, 2.75) is 26.3 Å².